The molecule has 1 aliphatic rings. The van der Waals surface area contributed by atoms with Crippen LogP contribution >= 0.6 is 0 Å². The van der Waals surface area contributed by atoms with Gasteiger partial charge in [-0.2, -0.15) is 0 Å². The van der Waals surface area contributed by atoms with E-state index < -0.39 is 0 Å². The van der Waals surface area contributed by atoms with Crippen LogP contribution in [0.2, 0.25) is 0 Å². The van der Waals surface area contributed by atoms with E-state index in [0.717, 1.165) is 18.4 Å². The van der Waals surface area contributed by atoms with Crippen LogP contribution in [0.5, 0.6) is 0 Å². The number of nitrogens with zero attached hydrogens (tertiary/aromatic N) is 1. The Morgan fingerprint density at radius 2 is 1.17 bits per heavy atom. The van der Waals surface area contributed by atoms with Gasteiger partial charge in [0.25, 0.3) is 5.69 Å². The number of para-hydroxylation sites is 1. The number of fused-ring (bicyclic) bond motifs is 3. The molecule has 0 spiro atoms. The van der Waals surface area contributed by atoms with Crippen molar-refractivity contribution in [2.24, 2.45) is 0 Å². The summed E-state index contributed by atoms with van der Waals surface area (Å²) in [6.07, 6.45) is 2.01. The Hall–Kier alpha value is -3.72. The lowest BCUT2D eigenvalue weighted by molar-refractivity contribution is -0.384. The fourth-order valence-electron chi connectivity index (χ4n) is 4.21. The maximum Gasteiger partial charge on any atom is 0.277 e. The van der Waals surface area contributed by atoms with E-state index in [1.54, 1.807) is 12.1 Å². The van der Waals surface area contributed by atoms with Crippen LogP contribution in [0.15, 0.2) is 91.0 Å². The number of rotatable bonds is 3. The van der Waals surface area contributed by atoms with Crippen molar-refractivity contribution >= 4 is 5.69 Å². The van der Waals surface area contributed by atoms with Gasteiger partial charge in [-0.25, -0.2) is 0 Å². The minimum Gasteiger partial charge on any atom is -0.258 e. The summed E-state index contributed by atoms with van der Waals surface area (Å²) < 4.78 is 0. The Labute approximate surface area is 169 Å². The van der Waals surface area contributed by atoms with Crippen molar-refractivity contribution in [3.63, 3.8) is 0 Å². The molecule has 0 saturated carbocycles. The second-order valence-electron chi connectivity index (χ2n) is 7.38. The molecule has 0 atom stereocenters. The van der Waals surface area contributed by atoms with Gasteiger partial charge in [0.05, 0.1) is 10.5 Å². The highest BCUT2D eigenvalue weighted by molar-refractivity contribution is 5.84. The van der Waals surface area contributed by atoms with Crippen molar-refractivity contribution in [3.05, 3.63) is 112 Å². The molecule has 5 rings (SSSR count). The van der Waals surface area contributed by atoms with Crippen LogP contribution in [-0.2, 0) is 12.8 Å². The van der Waals surface area contributed by atoms with Crippen LogP contribution in [0.25, 0.3) is 33.4 Å². The van der Waals surface area contributed by atoms with Gasteiger partial charge in [0.15, 0.2) is 0 Å². The molecule has 140 valence electrons. The van der Waals surface area contributed by atoms with Gasteiger partial charge in [0.1, 0.15) is 0 Å². The summed E-state index contributed by atoms with van der Waals surface area (Å²) in [6, 6.07) is 30.2. The van der Waals surface area contributed by atoms with Gasteiger partial charge < -0.3 is 0 Å². The molecule has 3 nitrogen and oxygen atoms in total. The van der Waals surface area contributed by atoms with Crippen molar-refractivity contribution in [3.8, 4) is 33.4 Å². The Morgan fingerprint density at radius 1 is 0.586 bits per heavy atom. The minimum absolute atomic E-state index is 0.140. The zero-order chi connectivity index (χ0) is 19.8. The minimum atomic E-state index is -0.309. The van der Waals surface area contributed by atoms with Crippen LogP contribution in [0, 0.1) is 10.1 Å². The smallest absolute Gasteiger partial charge is 0.258 e. The zero-order valence-corrected chi connectivity index (χ0v) is 15.8. The van der Waals surface area contributed by atoms with Crippen molar-refractivity contribution in [1.29, 1.82) is 0 Å². The summed E-state index contributed by atoms with van der Waals surface area (Å²) in [5, 5.41) is 11.5. The first-order valence-corrected chi connectivity index (χ1v) is 9.76. The first kappa shape index (κ1) is 17.4. The van der Waals surface area contributed by atoms with E-state index in [-0.39, 0.29) is 10.6 Å². The molecule has 0 aromatic heterocycles. The average molecular weight is 377 g/mol. The molecule has 3 heteroatoms. The second-order valence-corrected chi connectivity index (χ2v) is 7.38. The summed E-state index contributed by atoms with van der Waals surface area (Å²) in [6.45, 7) is 0. The molecule has 0 radical (unpaired) electrons. The molecular weight excluding hydrogens is 358 g/mol. The van der Waals surface area contributed by atoms with E-state index in [2.05, 4.69) is 54.6 Å². The molecular formula is C26H19NO2. The highest BCUT2D eigenvalue weighted by Gasteiger charge is 2.20. The highest BCUT2D eigenvalue weighted by atomic mass is 16.6. The molecule has 4 aromatic rings. The summed E-state index contributed by atoms with van der Waals surface area (Å²) in [5.41, 5.74) is 9.10. The number of hydrogen-bond acceptors (Lipinski definition) is 2. The lowest BCUT2D eigenvalue weighted by Gasteiger charge is -2.22. The van der Waals surface area contributed by atoms with Gasteiger partial charge in [-0.1, -0.05) is 66.7 Å². The van der Waals surface area contributed by atoms with Gasteiger partial charge in [0, 0.05) is 6.07 Å². The van der Waals surface area contributed by atoms with Crippen LogP contribution in [0.1, 0.15) is 11.1 Å². The summed E-state index contributed by atoms with van der Waals surface area (Å²) in [5.74, 6) is 0. The molecule has 1 aliphatic carbocycles. The topological polar surface area (TPSA) is 43.1 Å². The quantitative estimate of drug-likeness (QED) is 0.295. The van der Waals surface area contributed by atoms with Crippen molar-refractivity contribution in [2.75, 3.05) is 0 Å². The number of hydrogen-bond donors (Lipinski definition) is 0. The Bertz CT molecular complexity index is 1230. The number of benzene rings is 4. The Morgan fingerprint density at radius 3 is 1.86 bits per heavy atom. The van der Waals surface area contributed by atoms with Gasteiger partial charge in [-0.3, -0.25) is 10.1 Å². The highest BCUT2D eigenvalue weighted by Crippen LogP contribution is 2.40. The molecule has 0 unspecified atom stereocenters. The maximum atomic E-state index is 11.5. The van der Waals surface area contributed by atoms with Crippen LogP contribution in [0.3, 0.4) is 0 Å². The molecule has 0 aliphatic heterocycles. The number of nitro benzene ring substituents is 1. The maximum absolute atomic E-state index is 11.5. The van der Waals surface area contributed by atoms with Gasteiger partial charge >= 0.3 is 0 Å². The molecule has 0 fully saturated rings. The zero-order valence-electron chi connectivity index (χ0n) is 15.8. The molecule has 0 amide bonds. The molecule has 29 heavy (non-hydrogen) atoms. The molecule has 0 heterocycles. The SMILES string of the molecule is O=[N+]([O-])c1ccccc1-c1ccc2c(c1)-c1cc(-c3ccccc3)ccc1CC2. The fraction of sp³-hybridized carbons (Fsp3) is 0.0769. The van der Waals surface area contributed by atoms with E-state index in [0.29, 0.717) is 5.56 Å². The lowest BCUT2D eigenvalue weighted by atomic mass is 9.82. The lowest BCUT2D eigenvalue weighted by Crippen LogP contribution is -2.04. The summed E-state index contributed by atoms with van der Waals surface area (Å²) in [4.78, 5) is 11.2. The molecule has 4 aromatic carbocycles. The van der Waals surface area contributed by atoms with E-state index in [9.17, 15) is 10.1 Å². The van der Waals surface area contributed by atoms with Crippen molar-refractivity contribution in [2.45, 2.75) is 12.8 Å². The molecule has 0 N–H and O–H groups in total. The average Bonchev–Trinajstić information content (AvgIpc) is 2.79. The van der Waals surface area contributed by atoms with E-state index in [1.807, 2.05) is 24.3 Å². The van der Waals surface area contributed by atoms with Crippen LogP contribution in [-0.4, -0.2) is 4.92 Å². The normalized spacial score (nSPS) is 12.1. The Kier molecular flexibility index (Phi) is 4.21. The Balaban J connectivity index is 1.66. The molecule has 0 bridgehead atoms. The van der Waals surface area contributed by atoms with E-state index in [4.69, 9.17) is 0 Å². The third-order valence-electron chi connectivity index (χ3n) is 5.69. The van der Waals surface area contributed by atoms with Crippen molar-refractivity contribution < 1.29 is 4.92 Å². The first-order valence-electron chi connectivity index (χ1n) is 9.76. The molecule has 0 saturated heterocycles. The third-order valence-corrected chi connectivity index (χ3v) is 5.69. The summed E-state index contributed by atoms with van der Waals surface area (Å²) in [7, 11) is 0. The number of aryl methyl sites for hydroxylation is 2. The van der Waals surface area contributed by atoms with Gasteiger partial charge in [-0.15, -0.1) is 0 Å². The summed E-state index contributed by atoms with van der Waals surface area (Å²) >= 11 is 0. The van der Waals surface area contributed by atoms with E-state index >= 15 is 0 Å². The predicted molar refractivity (Wildman–Crippen MR) is 117 cm³/mol. The van der Waals surface area contributed by atoms with Crippen LogP contribution in [0.4, 0.5) is 5.69 Å². The predicted octanol–water partition coefficient (Wildman–Crippen LogP) is 6.69. The third kappa shape index (κ3) is 3.11. The van der Waals surface area contributed by atoms with Gasteiger partial charge in [0.2, 0.25) is 0 Å². The standard InChI is InChI=1S/C26H19NO2/c28-27(29)26-9-5-4-8-23(26)22-15-13-20-11-10-19-12-14-21(16-24(19)25(20)17-22)18-6-2-1-3-7-18/h1-9,12-17H,10-11H2. The number of nitro groups is 1. The second kappa shape index (κ2) is 7.02. The van der Waals surface area contributed by atoms with E-state index in [1.165, 1.54) is 33.4 Å². The first-order chi connectivity index (χ1) is 14.2. The van der Waals surface area contributed by atoms with Gasteiger partial charge in [-0.05, 0) is 70.0 Å². The largest absolute Gasteiger partial charge is 0.277 e. The van der Waals surface area contributed by atoms with Crippen molar-refractivity contribution in [1.82, 2.24) is 0 Å². The monoisotopic (exact) mass is 377 g/mol. The fourth-order valence-corrected chi connectivity index (χ4v) is 4.21. The van der Waals surface area contributed by atoms with Crippen LogP contribution < -0.4 is 0 Å².